The van der Waals surface area contributed by atoms with Crippen LogP contribution in [0.2, 0.25) is 0 Å². The molecule has 0 atom stereocenters. The highest BCUT2D eigenvalue weighted by molar-refractivity contribution is 5.16. The predicted octanol–water partition coefficient (Wildman–Crippen LogP) is 1.84. The summed E-state index contributed by atoms with van der Waals surface area (Å²) in [7, 11) is 0. The maximum absolute atomic E-state index is 12.8. The van der Waals surface area contributed by atoms with Crippen LogP contribution in [0, 0.1) is 5.82 Å². The fourth-order valence-electron chi connectivity index (χ4n) is 1.37. The molecule has 0 saturated carbocycles. The summed E-state index contributed by atoms with van der Waals surface area (Å²) in [5.74, 6) is -0.198. The smallest absolute Gasteiger partial charge is 0.123 e. The largest absolute Gasteiger partial charge is 0.307 e. The average Bonchev–Trinajstić information content (AvgIpc) is 2.71. The number of hydrogen-bond acceptors (Lipinski definition) is 2. The van der Waals surface area contributed by atoms with E-state index in [0.29, 0.717) is 13.1 Å². The van der Waals surface area contributed by atoms with Gasteiger partial charge in [-0.25, -0.2) is 4.39 Å². The zero-order valence-corrected chi connectivity index (χ0v) is 8.20. The number of hydrogen-bond donors (Lipinski definition) is 2. The molecule has 0 spiro atoms. The van der Waals surface area contributed by atoms with Crippen LogP contribution < -0.4 is 5.32 Å². The third-order valence-corrected chi connectivity index (χ3v) is 2.09. The minimum atomic E-state index is -0.198. The maximum atomic E-state index is 12.8. The standard InChI is InChI=1S/C11H12FN3/c12-10-3-1-2-9(6-10)7-13-8-11-4-5-14-15-11/h1-6,13H,7-8H2,(H,14,15). The minimum Gasteiger partial charge on any atom is -0.307 e. The molecule has 2 aromatic rings. The molecule has 3 nitrogen and oxygen atoms in total. The summed E-state index contributed by atoms with van der Waals surface area (Å²) in [4.78, 5) is 0. The molecule has 0 bridgehead atoms. The Kier molecular flexibility index (Phi) is 3.09. The summed E-state index contributed by atoms with van der Waals surface area (Å²) in [6.07, 6.45) is 1.71. The fraction of sp³-hybridized carbons (Fsp3) is 0.182. The number of aromatic nitrogens is 2. The van der Waals surface area contributed by atoms with Crippen LogP contribution in [-0.2, 0) is 13.1 Å². The fourth-order valence-corrected chi connectivity index (χ4v) is 1.37. The molecule has 0 aliphatic heterocycles. The van der Waals surface area contributed by atoms with Gasteiger partial charge in [-0.1, -0.05) is 12.1 Å². The number of rotatable bonds is 4. The van der Waals surface area contributed by atoms with Gasteiger partial charge in [-0.05, 0) is 23.8 Å². The highest BCUT2D eigenvalue weighted by Crippen LogP contribution is 2.03. The van der Waals surface area contributed by atoms with Crippen molar-refractivity contribution in [2.24, 2.45) is 0 Å². The number of benzene rings is 1. The van der Waals surface area contributed by atoms with E-state index in [1.165, 1.54) is 12.1 Å². The molecular formula is C11H12FN3. The number of aromatic amines is 1. The summed E-state index contributed by atoms with van der Waals surface area (Å²) < 4.78 is 12.8. The van der Waals surface area contributed by atoms with Crippen molar-refractivity contribution in [2.45, 2.75) is 13.1 Å². The van der Waals surface area contributed by atoms with Gasteiger partial charge < -0.3 is 5.32 Å². The first-order valence-electron chi connectivity index (χ1n) is 4.78. The molecule has 78 valence electrons. The third kappa shape index (κ3) is 2.89. The first-order chi connectivity index (χ1) is 7.34. The SMILES string of the molecule is Fc1cccc(CNCc2ccn[nH]2)c1. The Morgan fingerprint density at radius 1 is 1.27 bits per heavy atom. The molecule has 0 fully saturated rings. The van der Waals surface area contributed by atoms with E-state index in [-0.39, 0.29) is 5.82 Å². The normalized spacial score (nSPS) is 10.5. The number of nitrogens with zero attached hydrogens (tertiary/aromatic N) is 1. The Morgan fingerprint density at radius 3 is 2.93 bits per heavy atom. The van der Waals surface area contributed by atoms with Gasteiger partial charge in [0.2, 0.25) is 0 Å². The van der Waals surface area contributed by atoms with Crippen LogP contribution in [-0.4, -0.2) is 10.2 Å². The maximum Gasteiger partial charge on any atom is 0.123 e. The number of nitrogens with one attached hydrogen (secondary N) is 2. The highest BCUT2D eigenvalue weighted by atomic mass is 19.1. The number of halogens is 1. The summed E-state index contributed by atoms with van der Waals surface area (Å²) in [6, 6.07) is 8.47. The molecule has 1 aromatic carbocycles. The lowest BCUT2D eigenvalue weighted by Crippen LogP contribution is -2.12. The lowest BCUT2D eigenvalue weighted by atomic mass is 10.2. The third-order valence-electron chi connectivity index (χ3n) is 2.09. The summed E-state index contributed by atoms with van der Waals surface area (Å²) in [5.41, 5.74) is 1.96. The van der Waals surface area contributed by atoms with Crippen molar-refractivity contribution in [1.82, 2.24) is 15.5 Å². The molecule has 0 saturated heterocycles. The molecule has 0 aliphatic rings. The lowest BCUT2D eigenvalue weighted by molar-refractivity contribution is 0.619. The van der Waals surface area contributed by atoms with Gasteiger partial charge in [0.1, 0.15) is 5.82 Å². The molecule has 1 aromatic heterocycles. The molecule has 2 rings (SSSR count). The second-order valence-corrected chi connectivity index (χ2v) is 3.32. The van der Waals surface area contributed by atoms with E-state index in [9.17, 15) is 4.39 Å². The van der Waals surface area contributed by atoms with Gasteiger partial charge in [0.25, 0.3) is 0 Å². The summed E-state index contributed by atoms with van der Waals surface area (Å²) in [5, 5.41) is 9.88. The second-order valence-electron chi connectivity index (χ2n) is 3.32. The monoisotopic (exact) mass is 205 g/mol. The van der Waals surface area contributed by atoms with Crippen molar-refractivity contribution in [3.8, 4) is 0 Å². The van der Waals surface area contributed by atoms with Gasteiger partial charge in [0, 0.05) is 25.0 Å². The average molecular weight is 205 g/mol. The van der Waals surface area contributed by atoms with Crippen LogP contribution in [0.3, 0.4) is 0 Å². The molecule has 2 N–H and O–H groups in total. The Balaban J connectivity index is 1.83. The van der Waals surface area contributed by atoms with Crippen LogP contribution in [0.4, 0.5) is 4.39 Å². The van der Waals surface area contributed by atoms with Gasteiger partial charge in [-0.3, -0.25) is 5.10 Å². The van der Waals surface area contributed by atoms with Crippen molar-refractivity contribution in [2.75, 3.05) is 0 Å². The molecule has 0 amide bonds. The minimum absolute atomic E-state index is 0.198. The van der Waals surface area contributed by atoms with Crippen LogP contribution in [0.1, 0.15) is 11.3 Å². The van der Waals surface area contributed by atoms with E-state index < -0.39 is 0 Å². The van der Waals surface area contributed by atoms with Crippen LogP contribution in [0.5, 0.6) is 0 Å². The Bertz CT molecular complexity index is 412. The molecule has 15 heavy (non-hydrogen) atoms. The Labute approximate surface area is 87.3 Å². The van der Waals surface area contributed by atoms with Crippen molar-refractivity contribution in [3.63, 3.8) is 0 Å². The molecule has 0 aliphatic carbocycles. The van der Waals surface area contributed by atoms with Crippen molar-refractivity contribution >= 4 is 0 Å². The Morgan fingerprint density at radius 2 is 2.20 bits per heavy atom. The van der Waals surface area contributed by atoms with Gasteiger partial charge in [0.15, 0.2) is 0 Å². The van der Waals surface area contributed by atoms with E-state index in [0.717, 1.165) is 11.3 Å². The van der Waals surface area contributed by atoms with Crippen molar-refractivity contribution in [1.29, 1.82) is 0 Å². The molecular weight excluding hydrogens is 193 g/mol. The van der Waals surface area contributed by atoms with Crippen molar-refractivity contribution in [3.05, 3.63) is 53.6 Å². The first-order valence-corrected chi connectivity index (χ1v) is 4.78. The molecule has 0 unspecified atom stereocenters. The van der Waals surface area contributed by atoms with E-state index in [2.05, 4.69) is 15.5 Å². The van der Waals surface area contributed by atoms with E-state index in [4.69, 9.17) is 0 Å². The van der Waals surface area contributed by atoms with Crippen LogP contribution in [0.15, 0.2) is 36.5 Å². The highest BCUT2D eigenvalue weighted by Gasteiger charge is 1.96. The zero-order valence-electron chi connectivity index (χ0n) is 8.20. The van der Waals surface area contributed by atoms with Crippen LogP contribution >= 0.6 is 0 Å². The van der Waals surface area contributed by atoms with Gasteiger partial charge >= 0.3 is 0 Å². The summed E-state index contributed by atoms with van der Waals surface area (Å²) in [6.45, 7) is 1.35. The zero-order chi connectivity index (χ0) is 10.5. The van der Waals surface area contributed by atoms with Gasteiger partial charge in [-0.15, -0.1) is 0 Å². The Hall–Kier alpha value is -1.68. The van der Waals surface area contributed by atoms with E-state index in [1.54, 1.807) is 12.3 Å². The molecule has 0 radical (unpaired) electrons. The predicted molar refractivity (Wildman–Crippen MR) is 55.5 cm³/mol. The topological polar surface area (TPSA) is 40.7 Å². The van der Waals surface area contributed by atoms with E-state index >= 15 is 0 Å². The lowest BCUT2D eigenvalue weighted by Gasteiger charge is -2.03. The number of H-pyrrole nitrogens is 1. The molecule has 4 heteroatoms. The van der Waals surface area contributed by atoms with Gasteiger partial charge in [0.05, 0.1) is 0 Å². The quantitative estimate of drug-likeness (QED) is 0.799. The summed E-state index contributed by atoms with van der Waals surface area (Å²) >= 11 is 0. The van der Waals surface area contributed by atoms with E-state index in [1.807, 2.05) is 12.1 Å². The van der Waals surface area contributed by atoms with Crippen LogP contribution in [0.25, 0.3) is 0 Å². The van der Waals surface area contributed by atoms with Crippen molar-refractivity contribution < 1.29 is 4.39 Å². The first kappa shape index (κ1) is 9.86. The molecule has 1 heterocycles. The second kappa shape index (κ2) is 4.70. The van der Waals surface area contributed by atoms with Gasteiger partial charge in [-0.2, -0.15) is 5.10 Å².